The Kier molecular flexibility index (Phi) is 10.4. The average molecular weight is 567 g/mol. The number of aromatic hydroxyl groups is 1. The fraction of sp³-hybridized carbons (Fsp3) is 0.321. The Bertz CT molecular complexity index is 1400. The number of primary amides is 1. The third-order valence-electron chi connectivity index (χ3n) is 6.45. The monoisotopic (exact) mass is 566 g/mol. The van der Waals surface area contributed by atoms with Gasteiger partial charge in [0.15, 0.2) is 0 Å². The van der Waals surface area contributed by atoms with Gasteiger partial charge in [0.2, 0.25) is 23.6 Å². The van der Waals surface area contributed by atoms with Gasteiger partial charge < -0.3 is 42.6 Å². The lowest BCUT2D eigenvalue weighted by molar-refractivity contribution is -0.142. The fourth-order valence-corrected chi connectivity index (χ4v) is 4.20. The van der Waals surface area contributed by atoms with Crippen LogP contribution in [0, 0.1) is 0 Å². The molecule has 0 radical (unpaired) electrons. The summed E-state index contributed by atoms with van der Waals surface area (Å²) in [5, 5.41) is 27.5. The van der Waals surface area contributed by atoms with E-state index in [4.69, 9.17) is 11.5 Å². The Morgan fingerprint density at radius 3 is 2.10 bits per heavy atom. The number of carbonyl (C=O) groups is 5. The molecule has 1 aromatic heterocycles. The van der Waals surface area contributed by atoms with Crippen molar-refractivity contribution in [2.75, 3.05) is 0 Å². The molecule has 3 aromatic rings. The fourth-order valence-electron chi connectivity index (χ4n) is 4.20. The number of carboxylic acids is 1. The first-order valence-electron chi connectivity index (χ1n) is 12.9. The second-order valence-electron chi connectivity index (χ2n) is 9.75. The van der Waals surface area contributed by atoms with E-state index in [9.17, 15) is 34.2 Å². The molecule has 4 atom stereocenters. The third-order valence-corrected chi connectivity index (χ3v) is 6.45. The van der Waals surface area contributed by atoms with Gasteiger partial charge in [-0.15, -0.1) is 0 Å². The van der Waals surface area contributed by atoms with Crippen molar-refractivity contribution >= 4 is 40.5 Å². The number of carbonyl (C=O) groups excluding carboxylic acids is 4. The molecule has 4 amide bonds. The molecule has 0 saturated carbocycles. The van der Waals surface area contributed by atoms with Crippen molar-refractivity contribution in [2.24, 2.45) is 11.5 Å². The zero-order valence-corrected chi connectivity index (χ0v) is 22.4. The van der Waals surface area contributed by atoms with Gasteiger partial charge in [-0.25, -0.2) is 4.79 Å². The maximum absolute atomic E-state index is 13.5. The Morgan fingerprint density at radius 1 is 0.854 bits per heavy atom. The Hall–Kier alpha value is -4.91. The number of aromatic amines is 1. The van der Waals surface area contributed by atoms with Gasteiger partial charge in [0.1, 0.15) is 23.9 Å². The summed E-state index contributed by atoms with van der Waals surface area (Å²) >= 11 is 0. The highest BCUT2D eigenvalue weighted by Gasteiger charge is 2.31. The molecule has 3 rings (SSSR count). The first kappa shape index (κ1) is 30.6. The average Bonchev–Trinajstić information content (AvgIpc) is 3.33. The van der Waals surface area contributed by atoms with E-state index in [1.54, 1.807) is 6.20 Å². The zero-order chi connectivity index (χ0) is 30.1. The maximum atomic E-state index is 13.5. The number of amides is 4. The summed E-state index contributed by atoms with van der Waals surface area (Å²) < 4.78 is 0. The predicted octanol–water partition coefficient (Wildman–Crippen LogP) is -0.190. The number of nitrogens with one attached hydrogen (secondary N) is 4. The van der Waals surface area contributed by atoms with E-state index < -0.39 is 53.8 Å². The number of phenolic OH excluding ortho intramolecular Hbond substituents is 1. The summed E-state index contributed by atoms with van der Waals surface area (Å²) in [6.45, 7) is 1.46. The van der Waals surface area contributed by atoms with Crippen LogP contribution in [-0.4, -0.2) is 69.0 Å². The highest BCUT2D eigenvalue weighted by atomic mass is 16.4. The van der Waals surface area contributed by atoms with Crippen LogP contribution in [-0.2, 0) is 36.8 Å². The van der Waals surface area contributed by atoms with Crippen molar-refractivity contribution < 1.29 is 34.2 Å². The number of fused-ring (bicyclic) bond motifs is 1. The van der Waals surface area contributed by atoms with Crippen LogP contribution < -0.4 is 27.4 Å². The SMILES string of the molecule is CC(N)C(=O)NC(Cc1c[nH]c2ccccc12)C(=O)NC(CCC(N)=O)C(=O)NC(Cc1ccc(O)cc1)C(=O)O. The van der Waals surface area contributed by atoms with Gasteiger partial charge >= 0.3 is 5.97 Å². The van der Waals surface area contributed by atoms with Crippen LogP contribution in [0.15, 0.2) is 54.7 Å². The predicted molar refractivity (Wildman–Crippen MR) is 149 cm³/mol. The van der Waals surface area contributed by atoms with Crippen LogP contribution in [0.5, 0.6) is 5.75 Å². The Labute approximate surface area is 235 Å². The van der Waals surface area contributed by atoms with Gasteiger partial charge in [0.05, 0.1) is 6.04 Å². The molecular formula is C28H34N6O7. The topological polar surface area (TPSA) is 230 Å². The van der Waals surface area contributed by atoms with Crippen molar-refractivity contribution in [3.63, 3.8) is 0 Å². The van der Waals surface area contributed by atoms with Crippen LogP contribution in [0.4, 0.5) is 0 Å². The smallest absolute Gasteiger partial charge is 0.326 e. The lowest BCUT2D eigenvalue weighted by Gasteiger charge is -2.25. The molecule has 0 aliphatic rings. The molecular weight excluding hydrogens is 532 g/mol. The number of hydrogen-bond donors (Lipinski definition) is 8. The van der Waals surface area contributed by atoms with Crippen LogP contribution in [0.1, 0.15) is 30.9 Å². The van der Waals surface area contributed by atoms with Crippen LogP contribution in [0.25, 0.3) is 10.9 Å². The lowest BCUT2D eigenvalue weighted by atomic mass is 10.0. The minimum absolute atomic E-state index is 0.00259. The van der Waals surface area contributed by atoms with Gasteiger partial charge in [-0.2, -0.15) is 0 Å². The van der Waals surface area contributed by atoms with Gasteiger partial charge in [0, 0.05) is 36.4 Å². The van der Waals surface area contributed by atoms with Crippen molar-refractivity contribution in [2.45, 2.75) is 56.8 Å². The number of para-hydroxylation sites is 1. The number of H-pyrrole nitrogens is 1. The maximum Gasteiger partial charge on any atom is 0.326 e. The molecule has 218 valence electrons. The van der Waals surface area contributed by atoms with Gasteiger partial charge in [0.25, 0.3) is 0 Å². The van der Waals surface area contributed by atoms with E-state index in [-0.39, 0.29) is 31.4 Å². The van der Waals surface area contributed by atoms with Crippen molar-refractivity contribution in [3.05, 3.63) is 65.9 Å². The van der Waals surface area contributed by atoms with Gasteiger partial charge in [-0.1, -0.05) is 30.3 Å². The molecule has 0 bridgehead atoms. The molecule has 10 N–H and O–H groups in total. The first-order chi connectivity index (χ1) is 19.4. The zero-order valence-electron chi connectivity index (χ0n) is 22.4. The van der Waals surface area contributed by atoms with Crippen LogP contribution in [0.3, 0.4) is 0 Å². The number of phenols is 1. The number of nitrogens with two attached hydrogens (primary N) is 2. The molecule has 0 spiro atoms. The number of aromatic nitrogens is 1. The Balaban J connectivity index is 1.81. The van der Waals surface area contributed by atoms with Crippen LogP contribution in [0.2, 0.25) is 0 Å². The molecule has 4 unspecified atom stereocenters. The number of carboxylic acid groups (broad SMARTS) is 1. The summed E-state index contributed by atoms with van der Waals surface area (Å²) in [5.41, 5.74) is 13.0. The van der Waals surface area contributed by atoms with E-state index >= 15 is 0 Å². The van der Waals surface area contributed by atoms with Gasteiger partial charge in [-0.3, -0.25) is 19.2 Å². The highest BCUT2D eigenvalue weighted by molar-refractivity contribution is 5.95. The minimum atomic E-state index is -1.38. The normalized spacial score (nSPS) is 13.9. The molecule has 13 nitrogen and oxygen atoms in total. The number of rotatable bonds is 14. The molecule has 0 fully saturated rings. The molecule has 13 heteroatoms. The number of benzene rings is 2. The van der Waals surface area contributed by atoms with E-state index in [0.717, 1.165) is 16.5 Å². The first-order valence-corrected chi connectivity index (χ1v) is 12.9. The molecule has 0 saturated heterocycles. The summed E-state index contributed by atoms with van der Waals surface area (Å²) in [7, 11) is 0. The summed E-state index contributed by atoms with van der Waals surface area (Å²) in [6, 6.07) is 8.40. The molecule has 41 heavy (non-hydrogen) atoms. The van der Waals surface area contributed by atoms with Gasteiger partial charge in [-0.05, 0) is 42.7 Å². The van der Waals surface area contributed by atoms with Crippen molar-refractivity contribution in [3.8, 4) is 5.75 Å². The number of hydrogen-bond acceptors (Lipinski definition) is 7. The molecule has 0 aliphatic carbocycles. The van der Waals surface area contributed by atoms with Crippen LogP contribution >= 0.6 is 0 Å². The van der Waals surface area contributed by atoms with Crippen molar-refractivity contribution in [1.82, 2.24) is 20.9 Å². The summed E-state index contributed by atoms with van der Waals surface area (Å²) in [6.07, 6.45) is 1.18. The van der Waals surface area contributed by atoms with E-state index in [2.05, 4.69) is 20.9 Å². The second-order valence-corrected chi connectivity index (χ2v) is 9.75. The quantitative estimate of drug-likeness (QED) is 0.130. The number of aliphatic carboxylic acids is 1. The van der Waals surface area contributed by atoms with Crippen molar-refractivity contribution in [1.29, 1.82) is 0 Å². The molecule has 0 aliphatic heterocycles. The lowest BCUT2D eigenvalue weighted by Crippen LogP contribution is -2.57. The Morgan fingerprint density at radius 2 is 1.46 bits per heavy atom. The summed E-state index contributed by atoms with van der Waals surface area (Å²) in [5.74, 6) is -4.24. The summed E-state index contributed by atoms with van der Waals surface area (Å²) in [4.78, 5) is 65.6. The van der Waals surface area contributed by atoms with E-state index in [0.29, 0.717) is 5.56 Å². The van der Waals surface area contributed by atoms with E-state index in [1.165, 1.54) is 31.2 Å². The second kappa shape index (κ2) is 13.9. The molecule has 1 heterocycles. The third kappa shape index (κ3) is 8.80. The minimum Gasteiger partial charge on any atom is -0.508 e. The highest BCUT2D eigenvalue weighted by Crippen LogP contribution is 2.19. The molecule has 2 aromatic carbocycles. The largest absolute Gasteiger partial charge is 0.508 e. The van der Waals surface area contributed by atoms with E-state index in [1.807, 2.05) is 24.3 Å². The standard InChI is InChI=1S/C28H34N6O7/c1-15(29)25(37)33-22(13-17-14-31-20-5-3-2-4-19(17)20)27(39)32-21(10-11-24(30)36)26(38)34-23(28(40)41)12-16-6-8-18(35)9-7-16/h2-9,14-15,21-23,31,35H,10-13,29H2,1H3,(H2,30,36)(H,32,39)(H,33,37)(H,34,38)(H,40,41).